The number of nitrogens with zero attached hydrogens (tertiary/aromatic N) is 2. The van der Waals surface area contributed by atoms with Crippen LogP contribution < -0.4 is 5.46 Å². The summed E-state index contributed by atoms with van der Waals surface area (Å²) in [5.41, 5.74) is 1.44. The first-order chi connectivity index (χ1) is 12.6. The molecular formula is C19H19BCl2N2O3. The Kier molecular flexibility index (Phi) is 4.24. The quantitative estimate of drug-likeness (QED) is 0.645. The average Bonchev–Trinajstić information content (AvgIpc) is 3.02. The fourth-order valence-corrected chi connectivity index (χ4v) is 3.56. The zero-order valence-electron chi connectivity index (χ0n) is 15.5. The summed E-state index contributed by atoms with van der Waals surface area (Å²) in [6.07, 6.45) is 0. The van der Waals surface area contributed by atoms with Crippen molar-refractivity contribution >= 4 is 46.7 Å². The molecule has 2 aromatic carbocycles. The Bertz CT molecular complexity index is 1020. The molecule has 0 saturated carbocycles. The van der Waals surface area contributed by atoms with Crippen molar-refractivity contribution in [3.63, 3.8) is 0 Å². The number of benzene rings is 2. The molecule has 4 rings (SSSR count). The van der Waals surface area contributed by atoms with E-state index >= 15 is 0 Å². The van der Waals surface area contributed by atoms with Gasteiger partial charge < -0.3 is 14.4 Å². The van der Waals surface area contributed by atoms with E-state index in [2.05, 4.69) is 5.10 Å². The van der Waals surface area contributed by atoms with Crippen molar-refractivity contribution in [1.82, 2.24) is 9.78 Å². The topological polar surface area (TPSA) is 56.5 Å². The summed E-state index contributed by atoms with van der Waals surface area (Å²) in [4.78, 5) is 0. The molecule has 0 aliphatic carbocycles. The third kappa shape index (κ3) is 3.01. The maximum atomic E-state index is 9.75. The zero-order valence-corrected chi connectivity index (χ0v) is 17.0. The summed E-state index contributed by atoms with van der Waals surface area (Å²) >= 11 is 12.6. The Balaban J connectivity index is 1.69. The van der Waals surface area contributed by atoms with Crippen LogP contribution in [0.4, 0.5) is 0 Å². The van der Waals surface area contributed by atoms with Crippen molar-refractivity contribution in [3.05, 3.63) is 46.6 Å². The molecule has 1 aliphatic rings. The number of hydrogen-bond donors (Lipinski definition) is 1. The first kappa shape index (κ1) is 18.6. The van der Waals surface area contributed by atoms with Gasteiger partial charge in [0, 0.05) is 11.5 Å². The summed E-state index contributed by atoms with van der Waals surface area (Å²) < 4.78 is 13.7. The molecule has 2 heterocycles. The molecule has 0 atom stereocenters. The number of hydrogen-bond acceptors (Lipinski definition) is 4. The van der Waals surface area contributed by atoms with Crippen molar-refractivity contribution in [2.45, 2.75) is 38.9 Å². The fraction of sp³-hybridized carbons (Fsp3) is 0.316. The van der Waals surface area contributed by atoms with Gasteiger partial charge in [0.1, 0.15) is 16.4 Å². The molecule has 1 aromatic heterocycles. The van der Waals surface area contributed by atoms with Crippen molar-refractivity contribution in [2.75, 3.05) is 0 Å². The summed E-state index contributed by atoms with van der Waals surface area (Å²) in [5.74, 6) is 0.0464. The molecule has 0 bridgehead atoms. The van der Waals surface area contributed by atoms with Crippen LogP contribution in [0.3, 0.4) is 0 Å². The van der Waals surface area contributed by atoms with Gasteiger partial charge in [0.05, 0.1) is 21.9 Å². The van der Waals surface area contributed by atoms with Crippen molar-refractivity contribution in [2.24, 2.45) is 0 Å². The molecule has 0 unspecified atom stereocenters. The number of phenols is 1. The van der Waals surface area contributed by atoms with E-state index in [1.165, 1.54) is 6.07 Å². The Hall–Kier alpha value is -1.73. The van der Waals surface area contributed by atoms with Gasteiger partial charge in [-0.25, -0.2) is 4.68 Å². The van der Waals surface area contributed by atoms with Crippen LogP contribution in [0.15, 0.2) is 36.4 Å². The van der Waals surface area contributed by atoms with Gasteiger partial charge >= 0.3 is 7.12 Å². The summed E-state index contributed by atoms with van der Waals surface area (Å²) in [6.45, 7) is 8.09. The molecular weight excluding hydrogens is 386 g/mol. The van der Waals surface area contributed by atoms with E-state index in [9.17, 15) is 5.11 Å². The van der Waals surface area contributed by atoms with Crippen LogP contribution in [0.5, 0.6) is 5.75 Å². The number of phenolic OH excluding ortho intramolecular Hbond substituents is 1. The molecule has 27 heavy (non-hydrogen) atoms. The van der Waals surface area contributed by atoms with Gasteiger partial charge in [0.2, 0.25) is 0 Å². The highest BCUT2D eigenvalue weighted by Crippen LogP contribution is 2.37. The molecule has 1 aliphatic heterocycles. The number of aromatic hydroxyl groups is 1. The maximum absolute atomic E-state index is 9.75. The Labute approximate surface area is 167 Å². The van der Waals surface area contributed by atoms with Gasteiger partial charge in [-0.05, 0) is 51.4 Å². The SMILES string of the molecule is CC1(C)OB(c2ccc(-n3nc4c(Cl)cc(O)cc4c3Cl)cc2)OC1(C)C. The second-order valence-corrected chi connectivity index (χ2v) is 8.47. The van der Waals surface area contributed by atoms with E-state index < -0.39 is 18.3 Å². The predicted molar refractivity (Wildman–Crippen MR) is 108 cm³/mol. The summed E-state index contributed by atoms with van der Waals surface area (Å²) in [6, 6.07) is 10.6. The van der Waals surface area contributed by atoms with Crippen LogP contribution in [0.25, 0.3) is 16.6 Å². The minimum Gasteiger partial charge on any atom is -0.508 e. The number of halogens is 2. The molecule has 8 heteroatoms. The molecule has 1 fully saturated rings. The van der Waals surface area contributed by atoms with Crippen molar-refractivity contribution in [1.29, 1.82) is 0 Å². The molecule has 0 radical (unpaired) electrons. The highest BCUT2D eigenvalue weighted by atomic mass is 35.5. The minimum absolute atomic E-state index is 0.0464. The predicted octanol–water partition coefficient (Wildman–Crippen LogP) is 4.34. The third-order valence-electron chi connectivity index (χ3n) is 5.32. The van der Waals surface area contributed by atoms with Crippen molar-refractivity contribution < 1.29 is 14.4 Å². The number of aromatic nitrogens is 2. The Morgan fingerprint density at radius 2 is 1.59 bits per heavy atom. The van der Waals surface area contributed by atoms with Gasteiger partial charge in [-0.2, -0.15) is 5.10 Å². The number of rotatable bonds is 2. The highest BCUT2D eigenvalue weighted by Gasteiger charge is 2.51. The summed E-state index contributed by atoms with van der Waals surface area (Å²) in [7, 11) is -0.428. The monoisotopic (exact) mass is 404 g/mol. The lowest BCUT2D eigenvalue weighted by Crippen LogP contribution is -2.41. The maximum Gasteiger partial charge on any atom is 0.494 e. The zero-order chi connectivity index (χ0) is 19.6. The lowest BCUT2D eigenvalue weighted by Gasteiger charge is -2.32. The van der Waals surface area contributed by atoms with Crippen LogP contribution >= 0.6 is 23.2 Å². The Morgan fingerprint density at radius 1 is 1.00 bits per heavy atom. The molecule has 0 spiro atoms. The van der Waals surface area contributed by atoms with Crippen LogP contribution in [0.1, 0.15) is 27.7 Å². The first-order valence-corrected chi connectivity index (χ1v) is 9.37. The molecule has 140 valence electrons. The molecule has 5 nitrogen and oxygen atoms in total. The van der Waals surface area contributed by atoms with E-state index in [-0.39, 0.29) is 5.75 Å². The lowest BCUT2D eigenvalue weighted by molar-refractivity contribution is 0.00578. The van der Waals surface area contributed by atoms with Crippen LogP contribution in [-0.4, -0.2) is 33.2 Å². The molecule has 0 amide bonds. The van der Waals surface area contributed by atoms with Crippen molar-refractivity contribution in [3.8, 4) is 11.4 Å². The lowest BCUT2D eigenvalue weighted by atomic mass is 9.79. The largest absolute Gasteiger partial charge is 0.508 e. The third-order valence-corrected chi connectivity index (χ3v) is 5.97. The van der Waals surface area contributed by atoms with E-state index in [4.69, 9.17) is 32.5 Å². The average molecular weight is 405 g/mol. The number of fused-ring (bicyclic) bond motifs is 1. The standard InChI is InChI=1S/C19H19BCl2N2O3/c1-18(2)19(3,4)27-20(26-18)11-5-7-12(8-6-11)24-17(22)14-9-13(25)10-15(21)16(14)23-24/h5-10,25H,1-4H3. The van der Waals surface area contributed by atoms with E-state index in [1.807, 2.05) is 52.0 Å². The first-order valence-electron chi connectivity index (χ1n) is 8.62. The molecule has 1 N–H and O–H groups in total. The summed E-state index contributed by atoms with van der Waals surface area (Å²) in [5, 5.41) is 15.5. The fourth-order valence-electron chi connectivity index (χ4n) is 3.02. The van der Waals surface area contributed by atoms with Crippen LogP contribution in [-0.2, 0) is 9.31 Å². The smallest absolute Gasteiger partial charge is 0.494 e. The Morgan fingerprint density at radius 3 is 2.19 bits per heavy atom. The van der Waals surface area contributed by atoms with Gasteiger partial charge in [-0.1, -0.05) is 35.3 Å². The molecule has 1 saturated heterocycles. The normalized spacial score (nSPS) is 18.4. The second-order valence-electron chi connectivity index (χ2n) is 7.71. The molecule has 3 aromatic rings. The van der Waals surface area contributed by atoms with Gasteiger partial charge in [0.25, 0.3) is 0 Å². The van der Waals surface area contributed by atoms with Crippen LogP contribution in [0, 0.1) is 0 Å². The van der Waals surface area contributed by atoms with Gasteiger partial charge in [-0.3, -0.25) is 0 Å². The minimum atomic E-state index is -0.428. The van der Waals surface area contributed by atoms with E-state index in [0.29, 0.717) is 21.1 Å². The van der Waals surface area contributed by atoms with E-state index in [1.54, 1.807) is 10.7 Å². The van der Waals surface area contributed by atoms with E-state index in [0.717, 1.165) is 11.2 Å². The van der Waals surface area contributed by atoms with Crippen LogP contribution in [0.2, 0.25) is 10.2 Å². The van der Waals surface area contributed by atoms with Gasteiger partial charge in [0.15, 0.2) is 0 Å². The second kappa shape index (κ2) is 6.14. The highest BCUT2D eigenvalue weighted by molar-refractivity contribution is 6.62. The van der Waals surface area contributed by atoms with Gasteiger partial charge in [-0.15, -0.1) is 0 Å².